The quantitative estimate of drug-likeness (QED) is 0.624. The SMILES string of the molecule is O=C(O)CCN(CCC(=O)O)c1nc(-c2ccccn2)nc2ccccc12. The number of nitrogens with zero attached hydrogens (tertiary/aromatic N) is 4. The largest absolute Gasteiger partial charge is 0.481 e. The molecule has 8 nitrogen and oxygen atoms in total. The number of carbonyl (C=O) groups is 2. The Bertz CT molecular complexity index is 944. The minimum atomic E-state index is -0.960. The van der Waals surface area contributed by atoms with Crippen molar-refractivity contribution in [3.05, 3.63) is 48.7 Å². The molecule has 3 aromatic rings. The van der Waals surface area contributed by atoms with Gasteiger partial charge in [-0.2, -0.15) is 0 Å². The number of aromatic nitrogens is 3. The number of carboxylic acid groups (broad SMARTS) is 2. The molecule has 8 heteroatoms. The minimum absolute atomic E-state index is 0.128. The van der Waals surface area contributed by atoms with Crippen LogP contribution in [0.5, 0.6) is 0 Å². The van der Waals surface area contributed by atoms with Gasteiger partial charge < -0.3 is 15.1 Å². The van der Waals surface area contributed by atoms with Gasteiger partial charge in [-0.25, -0.2) is 9.97 Å². The molecule has 0 fully saturated rings. The number of hydrogen-bond donors (Lipinski definition) is 2. The molecule has 0 spiro atoms. The van der Waals surface area contributed by atoms with E-state index in [0.717, 1.165) is 5.39 Å². The topological polar surface area (TPSA) is 117 Å². The van der Waals surface area contributed by atoms with Gasteiger partial charge in [0.05, 0.1) is 18.4 Å². The number of rotatable bonds is 8. The number of fused-ring (bicyclic) bond motifs is 1. The van der Waals surface area contributed by atoms with E-state index in [1.54, 1.807) is 23.2 Å². The van der Waals surface area contributed by atoms with E-state index in [1.807, 2.05) is 30.3 Å². The lowest BCUT2D eigenvalue weighted by molar-refractivity contribution is -0.137. The van der Waals surface area contributed by atoms with Crippen molar-refractivity contribution in [2.24, 2.45) is 0 Å². The smallest absolute Gasteiger partial charge is 0.305 e. The van der Waals surface area contributed by atoms with E-state index in [4.69, 9.17) is 10.2 Å². The van der Waals surface area contributed by atoms with E-state index in [1.165, 1.54) is 0 Å². The molecule has 2 aromatic heterocycles. The average Bonchev–Trinajstić information content (AvgIpc) is 2.67. The summed E-state index contributed by atoms with van der Waals surface area (Å²) in [6.07, 6.45) is 1.38. The van der Waals surface area contributed by atoms with Gasteiger partial charge in [-0.05, 0) is 24.3 Å². The van der Waals surface area contributed by atoms with Crippen LogP contribution >= 0.6 is 0 Å². The van der Waals surface area contributed by atoms with Gasteiger partial charge in [0.15, 0.2) is 5.82 Å². The zero-order valence-corrected chi connectivity index (χ0v) is 14.4. The molecule has 1 aromatic carbocycles. The van der Waals surface area contributed by atoms with Gasteiger partial charge in [-0.15, -0.1) is 0 Å². The molecule has 0 unspecified atom stereocenters. The molecule has 0 saturated carbocycles. The van der Waals surface area contributed by atoms with E-state index in [-0.39, 0.29) is 25.9 Å². The van der Waals surface area contributed by atoms with Crippen molar-refractivity contribution in [2.75, 3.05) is 18.0 Å². The maximum Gasteiger partial charge on any atom is 0.305 e. The Morgan fingerprint density at radius 3 is 2.19 bits per heavy atom. The highest BCUT2D eigenvalue weighted by atomic mass is 16.4. The molecule has 3 rings (SSSR count). The Balaban J connectivity index is 2.09. The van der Waals surface area contributed by atoms with Crippen LogP contribution in [0.15, 0.2) is 48.7 Å². The first kappa shape index (κ1) is 18.2. The number of para-hydroxylation sites is 1. The van der Waals surface area contributed by atoms with Gasteiger partial charge in [0.1, 0.15) is 11.5 Å². The zero-order chi connectivity index (χ0) is 19.2. The summed E-state index contributed by atoms with van der Waals surface area (Å²) in [4.78, 5) is 37.2. The van der Waals surface area contributed by atoms with Crippen molar-refractivity contribution < 1.29 is 19.8 Å². The first-order valence-electron chi connectivity index (χ1n) is 8.41. The van der Waals surface area contributed by atoms with Crippen molar-refractivity contribution in [3.63, 3.8) is 0 Å². The third-order valence-corrected chi connectivity index (χ3v) is 3.97. The van der Waals surface area contributed by atoms with Crippen LogP contribution in [0, 0.1) is 0 Å². The molecule has 138 valence electrons. The van der Waals surface area contributed by atoms with Crippen LogP contribution in [0.3, 0.4) is 0 Å². The number of anilines is 1. The lowest BCUT2D eigenvalue weighted by atomic mass is 10.2. The molecule has 0 aliphatic carbocycles. The van der Waals surface area contributed by atoms with E-state index in [0.29, 0.717) is 22.9 Å². The summed E-state index contributed by atoms with van der Waals surface area (Å²) in [7, 11) is 0. The normalized spacial score (nSPS) is 10.7. The second-order valence-corrected chi connectivity index (χ2v) is 5.88. The van der Waals surface area contributed by atoms with Crippen molar-refractivity contribution in [1.82, 2.24) is 15.0 Å². The van der Waals surface area contributed by atoms with E-state index >= 15 is 0 Å². The lowest BCUT2D eigenvalue weighted by Crippen LogP contribution is -2.30. The van der Waals surface area contributed by atoms with Gasteiger partial charge in [-0.1, -0.05) is 18.2 Å². The summed E-state index contributed by atoms with van der Waals surface area (Å²) in [6, 6.07) is 12.8. The molecular weight excluding hydrogens is 348 g/mol. The van der Waals surface area contributed by atoms with Crippen molar-refractivity contribution >= 4 is 28.7 Å². The Kier molecular flexibility index (Phi) is 5.55. The van der Waals surface area contributed by atoms with Crippen LogP contribution in [0.2, 0.25) is 0 Å². The van der Waals surface area contributed by atoms with Gasteiger partial charge in [0.2, 0.25) is 0 Å². The molecule has 0 saturated heterocycles. The first-order chi connectivity index (χ1) is 13.0. The Hall–Kier alpha value is -3.55. The molecule has 0 atom stereocenters. The molecule has 0 bridgehead atoms. The van der Waals surface area contributed by atoms with Crippen LogP contribution in [0.25, 0.3) is 22.4 Å². The predicted octanol–water partition coefficient (Wildman–Crippen LogP) is 2.45. The summed E-state index contributed by atoms with van der Waals surface area (Å²) < 4.78 is 0. The maximum absolute atomic E-state index is 11.0. The average molecular weight is 366 g/mol. The van der Waals surface area contributed by atoms with Crippen molar-refractivity contribution in [1.29, 1.82) is 0 Å². The number of aliphatic carboxylic acids is 2. The number of carboxylic acids is 2. The minimum Gasteiger partial charge on any atom is -0.481 e. The number of benzene rings is 1. The number of pyridine rings is 1. The van der Waals surface area contributed by atoms with Gasteiger partial charge in [0.25, 0.3) is 0 Å². The van der Waals surface area contributed by atoms with E-state index < -0.39 is 11.9 Å². The van der Waals surface area contributed by atoms with Crippen LogP contribution in [0.4, 0.5) is 5.82 Å². The fraction of sp³-hybridized carbons (Fsp3) is 0.211. The molecule has 0 aliphatic rings. The maximum atomic E-state index is 11.0. The fourth-order valence-corrected chi connectivity index (χ4v) is 2.70. The lowest BCUT2D eigenvalue weighted by Gasteiger charge is -2.24. The third kappa shape index (κ3) is 4.55. The predicted molar refractivity (Wildman–Crippen MR) is 99.5 cm³/mol. The van der Waals surface area contributed by atoms with Crippen LogP contribution < -0.4 is 4.90 Å². The summed E-state index contributed by atoms with van der Waals surface area (Å²) in [6.45, 7) is 0.288. The first-order valence-corrected chi connectivity index (χ1v) is 8.41. The third-order valence-electron chi connectivity index (χ3n) is 3.97. The monoisotopic (exact) mass is 366 g/mol. The Morgan fingerprint density at radius 1 is 0.889 bits per heavy atom. The van der Waals surface area contributed by atoms with Gasteiger partial charge in [-0.3, -0.25) is 14.6 Å². The molecular formula is C19H18N4O4. The molecule has 0 amide bonds. The Morgan fingerprint density at radius 2 is 1.56 bits per heavy atom. The molecule has 0 aliphatic heterocycles. The highest BCUT2D eigenvalue weighted by Crippen LogP contribution is 2.27. The summed E-state index contributed by atoms with van der Waals surface area (Å²) >= 11 is 0. The van der Waals surface area contributed by atoms with Crippen molar-refractivity contribution in [2.45, 2.75) is 12.8 Å². The second-order valence-electron chi connectivity index (χ2n) is 5.88. The molecule has 27 heavy (non-hydrogen) atoms. The van der Waals surface area contributed by atoms with Crippen molar-refractivity contribution in [3.8, 4) is 11.5 Å². The van der Waals surface area contributed by atoms with Crippen LogP contribution in [-0.4, -0.2) is 50.2 Å². The summed E-state index contributed by atoms with van der Waals surface area (Å²) in [5.74, 6) is -1.01. The highest BCUT2D eigenvalue weighted by Gasteiger charge is 2.17. The molecule has 0 radical (unpaired) electrons. The standard InChI is InChI=1S/C19H18N4O4/c24-16(25)8-11-23(12-9-17(26)27)19-13-5-1-2-6-14(13)21-18(22-19)15-7-3-4-10-20-15/h1-7,10H,8-9,11-12H2,(H,24,25)(H,26,27). The second kappa shape index (κ2) is 8.22. The van der Waals surface area contributed by atoms with Crippen LogP contribution in [0.1, 0.15) is 12.8 Å². The van der Waals surface area contributed by atoms with Gasteiger partial charge in [0, 0.05) is 24.7 Å². The molecule has 2 heterocycles. The highest BCUT2D eigenvalue weighted by molar-refractivity contribution is 5.91. The Labute approximate surface area is 155 Å². The summed E-state index contributed by atoms with van der Waals surface area (Å²) in [5.41, 5.74) is 1.26. The van der Waals surface area contributed by atoms with Gasteiger partial charge >= 0.3 is 11.9 Å². The van der Waals surface area contributed by atoms with E-state index in [9.17, 15) is 9.59 Å². The van der Waals surface area contributed by atoms with Crippen LogP contribution in [-0.2, 0) is 9.59 Å². The van der Waals surface area contributed by atoms with E-state index in [2.05, 4.69) is 15.0 Å². The summed E-state index contributed by atoms with van der Waals surface area (Å²) in [5, 5.41) is 18.8. The zero-order valence-electron chi connectivity index (χ0n) is 14.4. The molecule has 2 N–H and O–H groups in total. The number of hydrogen-bond acceptors (Lipinski definition) is 6. The fourth-order valence-electron chi connectivity index (χ4n) is 2.70.